The molecule has 1 saturated heterocycles. The number of rotatable bonds is 4. The van der Waals surface area contributed by atoms with Crippen LogP contribution in [0.1, 0.15) is 24.5 Å². The lowest BCUT2D eigenvalue weighted by Gasteiger charge is -2.32. The molecule has 0 spiro atoms. The van der Waals surface area contributed by atoms with Gasteiger partial charge in [-0.1, -0.05) is 30.3 Å². The molecule has 1 aromatic heterocycles. The average Bonchev–Trinajstić information content (AvgIpc) is 2.73. The van der Waals surface area contributed by atoms with Crippen LogP contribution in [0.3, 0.4) is 0 Å². The van der Waals surface area contributed by atoms with E-state index in [1.165, 1.54) is 10.4 Å². The highest BCUT2D eigenvalue weighted by Crippen LogP contribution is 2.33. The molecule has 2 aromatic carbocycles. The number of sulfonamides is 1. The Kier molecular flexibility index (Phi) is 5.18. The Labute approximate surface area is 171 Å². The molecule has 1 fully saturated rings. The quantitative estimate of drug-likeness (QED) is 0.635. The van der Waals surface area contributed by atoms with E-state index in [2.05, 4.69) is 4.98 Å². The van der Waals surface area contributed by atoms with Crippen LogP contribution in [-0.4, -0.2) is 45.5 Å². The fourth-order valence-corrected chi connectivity index (χ4v) is 6.37. The van der Waals surface area contributed by atoms with Crippen LogP contribution in [0.4, 0.5) is 0 Å². The van der Waals surface area contributed by atoms with Gasteiger partial charge in [-0.05, 0) is 47.9 Å². The molecule has 0 bridgehead atoms. The van der Waals surface area contributed by atoms with Gasteiger partial charge in [0.1, 0.15) is 0 Å². The zero-order valence-electron chi connectivity index (χ0n) is 16.0. The van der Waals surface area contributed by atoms with Gasteiger partial charge < -0.3 is 0 Å². The lowest BCUT2D eigenvalue weighted by atomic mass is 9.95. The highest BCUT2D eigenvalue weighted by Gasteiger charge is 2.33. The van der Waals surface area contributed by atoms with E-state index in [4.69, 9.17) is 0 Å². The third-order valence-electron chi connectivity index (χ3n) is 5.33. The molecule has 29 heavy (non-hydrogen) atoms. The topological polar surface area (TPSA) is 84.4 Å². The van der Waals surface area contributed by atoms with Crippen LogP contribution in [0.25, 0.3) is 10.8 Å². The number of pyridine rings is 1. The summed E-state index contributed by atoms with van der Waals surface area (Å²) in [4.78, 5) is 4.73. The summed E-state index contributed by atoms with van der Waals surface area (Å²) in [7, 11) is -7.13. The molecule has 0 N–H and O–H groups in total. The predicted octanol–water partition coefficient (Wildman–Crippen LogP) is 3.21. The Morgan fingerprint density at radius 1 is 0.966 bits per heavy atom. The molecule has 0 amide bonds. The van der Waals surface area contributed by atoms with Crippen molar-refractivity contribution in [3.8, 4) is 0 Å². The zero-order valence-corrected chi connectivity index (χ0v) is 17.7. The van der Waals surface area contributed by atoms with Crippen LogP contribution in [0.15, 0.2) is 70.6 Å². The van der Waals surface area contributed by atoms with Crippen molar-refractivity contribution in [1.29, 1.82) is 0 Å². The minimum Gasteiger partial charge on any atom is -0.260 e. The number of sulfone groups is 1. The number of hydrogen-bond acceptors (Lipinski definition) is 5. The summed E-state index contributed by atoms with van der Waals surface area (Å²) in [5.74, 6) is -0.259. The maximum Gasteiger partial charge on any atom is 0.243 e. The summed E-state index contributed by atoms with van der Waals surface area (Å²) in [5, 5.41) is 1.85. The van der Waals surface area contributed by atoms with Gasteiger partial charge in [0.15, 0.2) is 9.84 Å². The second-order valence-electron chi connectivity index (χ2n) is 7.37. The van der Waals surface area contributed by atoms with Crippen LogP contribution in [0.5, 0.6) is 0 Å². The molecule has 0 saturated carbocycles. The number of hydrogen-bond donors (Lipinski definition) is 0. The van der Waals surface area contributed by atoms with E-state index in [0.717, 1.165) is 17.0 Å². The highest BCUT2D eigenvalue weighted by molar-refractivity contribution is 7.90. The number of piperidine rings is 1. The van der Waals surface area contributed by atoms with Crippen LogP contribution < -0.4 is 0 Å². The first kappa shape index (κ1) is 20.0. The molecule has 6 nitrogen and oxygen atoms in total. The summed E-state index contributed by atoms with van der Waals surface area (Å²) in [6, 6.07) is 15.9. The van der Waals surface area contributed by atoms with E-state index in [1.807, 2.05) is 30.3 Å². The minimum atomic E-state index is -3.69. The minimum absolute atomic E-state index is 0.176. The molecule has 8 heteroatoms. The lowest BCUT2D eigenvalue weighted by molar-refractivity contribution is 0.310. The van der Waals surface area contributed by atoms with Gasteiger partial charge in [-0.2, -0.15) is 4.31 Å². The fourth-order valence-electron chi connectivity index (χ4n) is 3.88. The van der Waals surface area contributed by atoms with Gasteiger partial charge in [-0.15, -0.1) is 0 Å². The Balaban J connectivity index is 1.68. The summed E-state index contributed by atoms with van der Waals surface area (Å²) in [5.41, 5.74) is 0.452. The van der Waals surface area contributed by atoms with Gasteiger partial charge in [0.05, 0.1) is 15.5 Å². The maximum atomic E-state index is 13.3. The van der Waals surface area contributed by atoms with Crippen molar-refractivity contribution in [3.63, 3.8) is 0 Å². The van der Waals surface area contributed by atoms with E-state index in [-0.39, 0.29) is 22.3 Å². The molecular weight excluding hydrogens is 408 g/mol. The summed E-state index contributed by atoms with van der Waals surface area (Å²) in [6.45, 7) is 0.626. The van der Waals surface area contributed by atoms with Crippen molar-refractivity contribution in [2.45, 2.75) is 28.6 Å². The molecule has 0 radical (unpaired) electrons. The fraction of sp³-hybridized carbons (Fsp3) is 0.286. The predicted molar refractivity (Wildman–Crippen MR) is 112 cm³/mol. The number of fused-ring (bicyclic) bond motifs is 1. The number of aromatic nitrogens is 1. The van der Waals surface area contributed by atoms with E-state index < -0.39 is 19.9 Å². The standard InChI is InChI=1S/C21H22N2O4S2/c1-28(24,25)20-9-4-12-22-21(20)18-8-5-13-23(15-18)29(26,27)19-11-10-16-6-2-3-7-17(16)14-19/h2-4,6-7,9-12,14,18H,5,8,13,15H2,1H3. The molecule has 1 atom stereocenters. The first-order chi connectivity index (χ1) is 13.8. The molecule has 0 aliphatic carbocycles. The van der Waals surface area contributed by atoms with Crippen LogP contribution >= 0.6 is 0 Å². The van der Waals surface area contributed by atoms with Gasteiger partial charge in [-0.25, -0.2) is 16.8 Å². The van der Waals surface area contributed by atoms with Crippen molar-refractivity contribution in [3.05, 3.63) is 66.5 Å². The van der Waals surface area contributed by atoms with E-state index in [9.17, 15) is 16.8 Å². The Bertz CT molecular complexity index is 1270. The smallest absolute Gasteiger partial charge is 0.243 e. The Morgan fingerprint density at radius 2 is 1.72 bits per heavy atom. The van der Waals surface area contributed by atoms with Gasteiger partial charge in [0.2, 0.25) is 10.0 Å². The molecule has 2 heterocycles. The molecule has 1 aliphatic rings. The van der Waals surface area contributed by atoms with Gasteiger partial charge in [-0.3, -0.25) is 4.98 Å². The van der Waals surface area contributed by atoms with Crippen molar-refractivity contribution in [1.82, 2.24) is 9.29 Å². The van der Waals surface area contributed by atoms with Crippen LogP contribution in [-0.2, 0) is 19.9 Å². The van der Waals surface area contributed by atoms with Crippen molar-refractivity contribution in [2.75, 3.05) is 19.3 Å². The van der Waals surface area contributed by atoms with E-state index in [1.54, 1.807) is 24.4 Å². The SMILES string of the molecule is CS(=O)(=O)c1cccnc1C1CCCN(S(=O)(=O)c2ccc3ccccc3c2)C1. The highest BCUT2D eigenvalue weighted by atomic mass is 32.2. The van der Waals surface area contributed by atoms with Crippen molar-refractivity contribution < 1.29 is 16.8 Å². The lowest BCUT2D eigenvalue weighted by Crippen LogP contribution is -2.39. The average molecular weight is 431 g/mol. The first-order valence-corrected chi connectivity index (χ1v) is 12.7. The zero-order chi connectivity index (χ0) is 20.6. The second kappa shape index (κ2) is 7.51. The van der Waals surface area contributed by atoms with E-state index >= 15 is 0 Å². The summed E-state index contributed by atoms with van der Waals surface area (Å²) in [6.07, 6.45) is 4.06. The molecule has 3 aromatic rings. The second-order valence-corrected chi connectivity index (χ2v) is 11.3. The third-order valence-corrected chi connectivity index (χ3v) is 8.33. The molecule has 1 unspecified atom stereocenters. The van der Waals surface area contributed by atoms with Crippen LogP contribution in [0.2, 0.25) is 0 Å². The largest absolute Gasteiger partial charge is 0.260 e. The van der Waals surface area contributed by atoms with Gasteiger partial charge in [0.25, 0.3) is 0 Å². The van der Waals surface area contributed by atoms with E-state index in [0.29, 0.717) is 25.1 Å². The normalized spacial score (nSPS) is 18.7. The van der Waals surface area contributed by atoms with Crippen molar-refractivity contribution >= 4 is 30.6 Å². The Morgan fingerprint density at radius 3 is 2.48 bits per heavy atom. The number of benzene rings is 2. The molecule has 152 valence electrons. The molecule has 4 rings (SSSR count). The third kappa shape index (κ3) is 3.92. The molecule has 1 aliphatic heterocycles. The summed E-state index contributed by atoms with van der Waals surface area (Å²) >= 11 is 0. The Hall–Kier alpha value is -2.29. The van der Waals surface area contributed by atoms with Crippen molar-refractivity contribution in [2.24, 2.45) is 0 Å². The van der Waals surface area contributed by atoms with Gasteiger partial charge >= 0.3 is 0 Å². The maximum absolute atomic E-state index is 13.3. The van der Waals surface area contributed by atoms with Gasteiger partial charge in [0, 0.05) is 31.5 Å². The first-order valence-electron chi connectivity index (χ1n) is 9.41. The monoisotopic (exact) mass is 430 g/mol. The number of nitrogens with zero attached hydrogens (tertiary/aromatic N) is 2. The van der Waals surface area contributed by atoms with Crippen LogP contribution in [0, 0.1) is 0 Å². The molecular formula is C21H22N2O4S2. The summed E-state index contributed by atoms with van der Waals surface area (Å²) < 4.78 is 52.3.